The lowest BCUT2D eigenvalue weighted by Gasteiger charge is -2.33. The van der Waals surface area contributed by atoms with Gasteiger partial charge in [-0.25, -0.2) is 0 Å². The quantitative estimate of drug-likeness (QED) is 0.458. The van der Waals surface area contributed by atoms with E-state index in [0.29, 0.717) is 0 Å². The maximum atomic E-state index is 2.33. The Morgan fingerprint density at radius 3 is 0.714 bits per heavy atom. The zero-order valence-corrected chi connectivity index (χ0v) is 8.54. The molecule has 0 bridgehead atoms. The monoisotopic (exact) mass is 202 g/mol. The van der Waals surface area contributed by atoms with Crippen LogP contribution in [0.2, 0.25) is 0 Å². The van der Waals surface area contributed by atoms with E-state index < -0.39 is 0 Å². The first-order valence-electron chi connectivity index (χ1n) is 4.91. The summed E-state index contributed by atoms with van der Waals surface area (Å²) in [5, 5.41) is 0. The van der Waals surface area contributed by atoms with Crippen molar-refractivity contribution in [1.29, 1.82) is 0 Å². The van der Waals surface area contributed by atoms with Crippen LogP contribution in [-0.2, 0) is 0 Å². The van der Waals surface area contributed by atoms with Crippen LogP contribution in [0.5, 0.6) is 0 Å². The highest BCUT2D eigenvalue weighted by Crippen LogP contribution is 2.43. The van der Waals surface area contributed by atoms with E-state index in [1.807, 2.05) is 0 Å². The van der Waals surface area contributed by atoms with Gasteiger partial charge in [0.15, 0.2) is 0 Å². The minimum absolute atomic E-state index is 0. The van der Waals surface area contributed by atoms with Crippen LogP contribution in [0.4, 0.5) is 0 Å². The number of hydrogen-bond donors (Lipinski definition) is 0. The lowest BCUT2D eigenvalue weighted by molar-refractivity contribution is 0.190. The second-order valence-corrected chi connectivity index (χ2v) is 5.68. The highest BCUT2D eigenvalue weighted by atomic mass is 14.4. The normalized spacial score (nSPS) is 23.1. The Morgan fingerprint density at radius 2 is 0.714 bits per heavy atom. The summed E-state index contributed by atoms with van der Waals surface area (Å²) in [6, 6.07) is 0. The Hall–Kier alpha value is 0. The Morgan fingerprint density at radius 1 is 0.571 bits per heavy atom. The maximum Gasteiger partial charge on any atom is -0.0354 e. The van der Waals surface area contributed by atoms with Crippen molar-refractivity contribution in [3.8, 4) is 0 Å². The highest BCUT2D eigenvalue weighted by Gasteiger charge is 2.30. The predicted octanol–water partition coefficient (Wildman–Crippen LogP) is 5.91. The summed E-state index contributed by atoms with van der Waals surface area (Å²) in [4.78, 5) is 0. The van der Waals surface area contributed by atoms with Crippen molar-refractivity contribution in [2.45, 2.75) is 82.1 Å². The molecular weight excluding hydrogens is 168 g/mol. The van der Waals surface area contributed by atoms with Crippen LogP contribution in [0.3, 0.4) is 0 Å². The molecule has 0 amide bonds. The van der Waals surface area contributed by atoms with Crippen LogP contribution in [0.15, 0.2) is 0 Å². The Bertz CT molecular complexity index is 119. The molecule has 2 aliphatic carbocycles. The Balaban J connectivity index is -0.000000144. The van der Waals surface area contributed by atoms with E-state index in [2.05, 4.69) is 27.7 Å². The van der Waals surface area contributed by atoms with Crippen molar-refractivity contribution in [3.63, 3.8) is 0 Å². The van der Waals surface area contributed by atoms with Gasteiger partial charge in [-0.05, 0) is 36.5 Å². The molecule has 0 aliphatic heterocycles. The fraction of sp³-hybridized carbons (Fsp3) is 1.00. The molecule has 0 heteroatoms. The standard InChI is InChI=1S/C6H12.C5H10.3CH4/c1-6(2)4-3-5-6;1-5(2)3-4-5;;;/h3-5H2,1-2H3;3-4H2,1-2H3;3*1H4. The van der Waals surface area contributed by atoms with Gasteiger partial charge in [0.05, 0.1) is 0 Å². The molecule has 2 saturated carbocycles. The van der Waals surface area contributed by atoms with E-state index in [1.54, 1.807) is 0 Å². The van der Waals surface area contributed by atoms with E-state index in [4.69, 9.17) is 0 Å². The van der Waals surface area contributed by atoms with E-state index in [0.717, 1.165) is 10.8 Å². The molecule has 0 nitrogen and oxygen atoms in total. The molecule has 0 aromatic carbocycles. The van der Waals surface area contributed by atoms with Gasteiger partial charge < -0.3 is 0 Å². The van der Waals surface area contributed by atoms with Crippen LogP contribution in [-0.4, -0.2) is 0 Å². The lowest BCUT2D eigenvalue weighted by Crippen LogP contribution is -2.20. The summed E-state index contributed by atoms with van der Waals surface area (Å²) in [7, 11) is 0. The van der Waals surface area contributed by atoms with Gasteiger partial charge in [-0.15, -0.1) is 0 Å². The molecule has 0 saturated heterocycles. The summed E-state index contributed by atoms with van der Waals surface area (Å²) in [5.41, 5.74) is 1.47. The maximum absolute atomic E-state index is 2.33. The molecule has 2 fully saturated rings. The third-order valence-corrected chi connectivity index (χ3v) is 2.96. The Labute approximate surface area is 93.5 Å². The minimum atomic E-state index is 0. The summed E-state index contributed by atoms with van der Waals surface area (Å²) < 4.78 is 0. The zero-order valence-electron chi connectivity index (χ0n) is 8.54. The third kappa shape index (κ3) is 8.59. The summed E-state index contributed by atoms with van der Waals surface area (Å²) >= 11 is 0. The van der Waals surface area contributed by atoms with Crippen molar-refractivity contribution in [1.82, 2.24) is 0 Å². The van der Waals surface area contributed by atoms with Gasteiger partial charge in [0.25, 0.3) is 0 Å². The molecule has 0 unspecified atom stereocenters. The molecule has 0 radical (unpaired) electrons. The van der Waals surface area contributed by atoms with Gasteiger partial charge in [-0.3, -0.25) is 0 Å². The fourth-order valence-corrected chi connectivity index (χ4v) is 1.13. The zero-order chi connectivity index (χ0) is 8.54. The average molecular weight is 202 g/mol. The predicted molar refractivity (Wildman–Crippen MR) is 70.8 cm³/mol. The summed E-state index contributed by atoms with van der Waals surface area (Å²) in [5.74, 6) is 0. The molecule has 0 aromatic rings. The number of hydrogen-bond acceptors (Lipinski definition) is 0. The number of rotatable bonds is 0. The SMILES string of the molecule is C.C.C.CC1(C)CC1.CC1(C)CCC1. The molecule has 2 aliphatic rings. The largest absolute Gasteiger partial charge is 0.0776 e. The lowest BCUT2D eigenvalue weighted by atomic mass is 9.72. The van der Waals surface area contributed by atoms with E-state index in [9.17, 15) is 0 Å². The molecule has 14 heavy (non-hydrogen) atoms. The first kappa shape index (κ1) is 19.6. The van der Waals surface area contributed by atoms with Crippen molar-refractivity contribution in [2.75, 3.05) is 0 Å². The van der Waals surface area contributed by atoms with Crippen LogP contribution in [0.1, 0.15) is 82.1 Å². The van der Waals surface area contributed by atoms with Crippen LogP contribution < -0.4 is 0 Å². The third-order valence-electron chi connectivity index (χ3n) is 2.96. The van der Waals surface area contributed by atoms with Gasteiger partial charge in [-0.1, -0.05) is 56.4 Å². The van der Waals surface area contributed by atoms with Crippen molar-refractivity contribution >= 4 is 0 Å². The van der Waals surface area contributed by atoms with Crippen molar-refractivity contribution < 1.29 is 0 Å². The first-order valence-corrected chi connectivity index (χ1v) is 4.91. The van der Waals surface area contributed by atoms with Crippen LogP contribution in [0.25, 0.3) is 0 Å². The topological polar surface area (TPSA) is 0 Å². The molecule has 0 spiro atoms. The van der Waals surface area contributed by atoms with E-state index in [1.165, 1.54) is 32.1 Å². The van der Waals surface area contributed by atoms with E-state index in [-0.39, 0.29) is 22.3 Å². The molecule has 0 heterocycles. The second-order valence-electron chi connectivity index (χ2n) is 5.68. The molecule has 0 aromatic heterocycles. The van der Waals surface area contributed by atoms with Crippen molar-refractivity contribution in [2.24, 2.45) is 10.8 Å². The van der Waals surface area contributed by atoms with Gasteiger partial charge in [0.1, 0.15) is 0 Å². The molecule has 2 rings (SSSR count). The fourth-order valence-electron chi connectivity index (χ4n) is 1.13. The van der Waals surface area contributed by atoms with Gasteiger partial charge in [-0.2, -0.15) is 0 Å². The van der Waals surface area contributed by atoms with Gasteiger partial charge in [0.2, 0.25) is 0 Å². The Kier molecular flexibility index (Phi) is 9.05. The van der Waals surface area contributed by atoms with Gasteiger partial charge >= 0.3 is 0 Å². The first-order chi connectivity index (χ1) is 4.91. The van der Waals surface area contributed by atoms with Crippen LogP contribution in [0, 0.1) is 10.8 Å². The smallest absolute Gasteiger partial charge is 0.0354 e. The highest BCUT2D eigenvalue weighted by molar-refractivity contribution is 4.82. The molecule has 0 atom stereocenters. The minimum Gasteiger partial charge on any atom is -0.0776 e. The second kappa shape index (κ2) is 6.48. The van der Waals surface area contributed by atoms with E-state index >= 15 is 0 Å². The van der Waals surface area contributed by atoms with Gasteiger partial charge in [0, 0.05) is 0 Å². The molecular formula is C14H34. The molecule has 90 valence electrons. The average Bonchev–Trinajstić information content (AvgIpc) is 2.44. The van der Waals surface area contributed by atoms with Crippen LogP contribution >= 0.6 is 0 Å². The molecule has 0 N–H and O–H groups in total. The summed E-state index contributed by atoms with van der Waals surface area (Å²) in [6.07, 6.45) is 7.27. The summed E-state index contributed by atoms with van der Waals surface area (Å²) in [6.45, 7) is 9.26. The van der Waals surface area contributed by atoms with Crippen molar-refractivity contribution in [3.05, 3.63) is 0 Å².